The third-order valence-corrected chi connectivity index (χ3v) is 3.35. The Morgan fingerprint density at radius 1 is 1.11 bits per heavy atom. The summed E-state index contributed by atoms with van der Waals surface area (Å²) in [6.07, 6.45) is 1.79. The van der Waals surface area contributed by atoms with Crippen molar-refractivity contribution in [1.82, 2.24) is 20.0 Å². The van der Waals surface area contributed by atoms with Gasteiger partial charge in [-0.05, 0) is 38.3 Å². The fourth-order valence-corrected chi connectivity index (χ4v) is 2.47. The molecule has 0 bridgehead atoms. The number of aryl methyl sites for hydroxylation is 3. The first-order valence-corrected chi connectivity index (χ1v) is 6.73. The van der Waals surface area contributed by atoms with E-state index < -0.39 is 0 Å². The Hall–Kier alpha value is -1.75. The highest BCUT2D eigenvalue weighted by Gasteiger charge is 2.16. The molecule has 0 unspecified atom stereocenters. The molecule has 0 aromatic carbocycles. The van der Waals surface area contributed by atoms with Crippen LogP contribution in [0.25, 0.3) is 5.82 Å². The molecule has 0 saturated heterocycles. The monoisotopic (exact) mass is 259 g/mol. The van der Waals surface area contributed by atoms with Crippen LogP contribution in [0.1, 0.15) is 42.1 Å². The lowest BCUT2D eigenvalue weighted by molar-refractivity contribution is 0.737. The number of nitrogens with zero attached hydrogens (tertiary/aromatic N) is 4. The molecule has 2 N–H and O–H groups in total. The van der Waals surface area contributed by atoms with Gasteiger partial charge in [0.1, 0.15) is 0 Å². The third-order valence-electron chi connectivity index (χ3n) is 3.35. The molecule has 19 heavy (non-hydrogen) atoms. The summed E-state index contributed by atoms with van der Waals surface area (Å²) in [5, 5.41) is 13.2. The van der Waals surface area contributed by atoms with Crippen molar-refractivity contribution in [3.8, 4) is 5.82 Å². The van der Waals surface area contributed by atoms with Gasteiger partial charge in [-0.3, -0.25) is 0 Å². The van der Waals surface area contributed by atoms with Crippen LogP contribution in [0.3, 0.4) is 0 Å². The molecule has 2 aromatic rings. The SMILES string of the molecule is CCc1nnc(-n2nc(C)cc2C)c(CN)c1CC. The molecule has 0 atom stereocenters. The molecule has 0 aliphatic heterocycles. The fourth-order valence-electron chi connectivity index (χ4n) is 2.47. The highest BCUT2D eigenvalue weighted by molar-refractivity contribution is 5.42. The first-order valence-electron chi connectivity index (χ1n) is 6.73. The smallest absolute Gasteiger partial charge is 0.180 e. The van der Waals surface area contributed by atoms with E-state index in [9.17, 15) is 0 Å². The topological polar surface area (TPSA) is 69.6 Å². The summed E-state index contributed by atoms with van der Waals surface area (Å²) in [6.45, 7) is 8.66. The lowest BCUT2D eigenvalue weighted by Crippen LogP contribution is -2.15. The zero-order valence-electron chi connectivity index (χ0n) is 12.1. The van der Waals surface area contributed by atoms with E-state index in [2.05, 4.69) is 29.1 Å². The van der Waals surface area contributed by atoms with Gasteiger partial charge in [0.15, 0.2) is 5.82 Å². The molecule has 5 heteroatoms. The summed E-state index contributed by atoms with van der Waals surface area (Å²) >= 11 is 0. The molecule has 2 aromatic heterocycles. The van der Waals surface area contributed by atoms with E-state index in [0.717, 1.165) is 41.3 Å². The Balaban J connectivity index is 2.67. The van der Waals surface area contributed by atoms with E-state index in [-0.39, 0.29) is 0 Å². The van der Waals surface area contributed by atoms with Gasteiger partial charge < -0.3 is 5.73 Å². The molecule has 0 radical (unpaired) electrons. The van der Waals surface area contributed by atoms with Crippen molar-refractivity contribution in [3.05, 3.63) is 34.3 Å². The minimum atomic E-state index is 0.458. The van der Waals surface area contributed by atoms with Gasteiger partial charge in [0.25, 0.3) is 0 Å². The van der Waals surface area contributed by atoms with E-state index in [4.69, 9.17) is 5.73 Å². The quantitative estimate of drug-likeness (QED) is 0.910. The maximum absolute atomic E-state index is 5.94. The molecule has 2 rings (SSSR count). The molecule has 0 spiro atoms. The van der Waals surface area contributed by atoms with E-state index >= 15 is 0 Å². The highest BCUT2D eigenvalue weighted by atomic mass is 15.3. The van der Waals surface area contributed by atoms with Crippen LogP contribution in [0.5, 0.6) is 0 Å². The zero-order valence-corrected chi connectivity index (χ0v) is 12.1. The largest absolute Gasteiger partial charge is 0.326 e. The predicted octanol–water partition coefficient (Wildman–Crippen LogP) is 1.86. The molecule has 102 valence electrons. The van der Waals surface area contributed by atoms with Gasteiger partial charge >= 0.3 is 0 Å². The van der Waals surface area contributed by atoms with Crippen molar-refractivity contribution < 1.29 is 0 Å². The number of aromatic nitrogens is 4. The average molecular weight is 259 g/mol. The van der Waals surface area contributed by atoms with Crippen LogP contribution in [0.15, 0.2) is 6.07 Å². The summed E-state index contributed by atoms with van der Waals surface area (Å²) in [4.78, 5) is 0. The second-order valence-corrected chi connectivity index (χ2v) is 4.68. The normalized spacial score (nSPS) is 11.0. The number of hydrogen-bond acceptors (Lipinski definition) is 4. The van der Waals surface area contributed by atoms with Gasteiger partial charge in [0.2, 0.25) is 0 Å². The Labute approximate surface area is 113 Å². The molecule has 2 heterocycles. The van der Waals surface area contributed by atoms with Gasteiger partial charge in [-0.15, -0.1) is 5.10 Å². The second-order valence-electron chi connectivity index (χ2n) is 4.68. The zero-order chi connectivity index (χ0) is 14.0. The van der Waals surface area contributed by atoms with Gasteiger partial charge in [-0.2, -0.15) is 10.2 Å². The summed E-state index contributed by atoms with van der Waals surface area (Å²) in [5.41, 5.74) is 11.3. The van der Waals surface area contributed by atoms with Crippen molar-refractivity contribution in [1.29, 1.82) is 0 Å². The van der Waals surface area contributed by atoms with Crippen molar-refractivity contribution in [2.45, 2.75) is 47.1 Å². The molecule has 0 aliphatic rings. The summed E-state index contributed by atoms with van der Waals surface area (Å²) in [7, 11) is 0. The Morgan fingerprint density at radius 3 is 2.32 bits per heavy atom. The molecule has 0 saturated carbocycles. The van der Waals surface area contributed by atoms with Crippen LogP contribution in [0, 0.1) is 13.8 Å². The maximum atomic E-state index is 5.94. The van der Waals surface area contributed by atoms with E-state index in [1.54, 1.807) is 0 Å². The lowest BCUT2D eigenvalue weighted by Gasteiger charge is -2.14. The first kappa shape index (κ1) is 13.7. The molecule has 0 fully saturated rings. The molecule has 0 amide bonds. The van der Waals surface area contributed by atoms with E-state index in [1.165, 1.54) is 5.56 Å². The number of hydrogen-bond donors (Lipinski definition) is 1. The molecular weight excluding hydrogens is 238 g/mol. The number of nitrogens with two attached hydrogens (primary N) is 1. The Morgan fingerprint density at radius 2 is 1.84 bits per heavy atom. The number of rotatable bonds is 4. The minimum Gasteiger partial charge on any atom is -0.326 e. The van der Waals surface area contributed by atoms with Crippen molar-refractivity contribution >= 4 is 0 Å². The first-order chi connectivity index (χ1) is 9.12. The standard InChI is InChI=1S/C14H21N5/c1-5-11-12(8-15)14(17-16-13(11)6-2)19-10(4)7-9(3)18-19/h7H,5-6,8,15H2,1-4H3. The molecular formula is C14H21N5. The Bertz CT molecular complexity index is 586. The fraction of sp³-hybridized carbons (Fsp3) is 0.500. The van der Waals surface area contributed by atoms with Crippen LogP contribution in [0.2, 0.25) is 0 Å². The summed E-state index contributed by atoms with van der Waals surface area (Å²) in [6, 6.07) is 2.03. The van der Waals surface area contributed by atoms with Crippen LogP contribution in [0.4, 0.5) is 0 Å². The third kappa shape index (κ3) is 2.38. The van der Waals surface area contributed by atoms with Crippen LogP contribution >= 0.6 is 0 Å². The highest BCUT2D eigenvalue weighted by Crippen LogP contribution is 2.20. The van der Waals surface area contributed by atoms with Gasteiger partial charge in [0, 0.05) is 17.8 Å². The second kappa shape index (κ2) is 5.48. The van der Waals surface area contributed by atoms with E-state index in [1.807, 2.05) is 24.6 Å². The van der Waals surface area contributed by atoms with Gasteiger partial charge in [-0.25, -0.2) is 4.68 Å². The average Bonchev–Trinajstić information content (AvgIpc) is 2.75. The van der Waals surface area contributed by atoms with Crippen molar-refractivity contribution in [2.75, 3.05) is 0 Å². The van der Waals surface area contributed by atoms with Gasteiger partial charge in [-0.1, -0.05) is 13.8 Å². The Kier molecular flexibility index (Phi) is 3.95. The van der Waals surface area contributed by atoms with Gasteiger partial charge in [0.05, 0.1) is 11.4 Å². The maximum Gasteiger partial charge on any atom is 0.180 e. The molecule has 5 nitrogen and oxygen atoms in total. The van der Waals surface area contributed by atoms with Crippen molar-refractivity contribution in [2.24, 2.45) is 5.73 Å². The minimum absolute atomic E-state index is 0.458. The van der Waals surface area contributed by atoms with Crippen LogP contribution < -0.4 is 5.73 Å². The van der Waals surface area contributed by atoms with Crippen LogP contribution in [-0.4, -0.2) is 20.0 Å². The summed E-state index contributed by atoms with van der Waals surface area (Å²) < 4.78 is 1.84. The predicted molar refractivity (Wildman–Crippen MR) is 75.3 cm³/mol. The van der Waals surface area contributed by atoms with Crippen molar-refractivity contribution in [3.63, 3.8) is 0 Å². The van der Waals surface area contributed by atoms with E-state index in [0.29, 0.717) is 6.54 Å². The summed E-state index contributed by atoms with van der Waals surface area (Å²) in [5.74, 6) is 0.766. The van der Waals surface area contributed by atoms with Crippen LogP contribution in [-0.2, 0) is 19.4 Å². The molecule has 0 aliphatic carbocycles. The lowest BCUT2D eigenvalue weighted by atomic mass is 10.0.